The lowest BCUT2D eigenvalue weighted by atomic mass is 9.84. The lowest BCUT2D eigenvalue weighted by molar-refractivity contribution is -0.141. The first-order valence-electron chi connectivity index (χ1n) is 9.00. The first kappa shape index (κ1) is 16.8. The molecule has 1 saturated carbocycles. The zero-order valence-electron chi connectivity index (χ0n) is 14.6. The van der Waals surface area contributed by atoms with Crippen LogP contribution in [0.15, 0.2) is 28.7 Å². The summed E-state index contributed by atoms with van der Waals surface area (Å²) in [5.41, 5.74) is 1.22. The molecule has 7 nitrogen and oxygen atoms in total. The van der Waals surface area contributed by atoms with Crippen LogP contribution in [-0.4, -0.2) is 44.2 Å². The van der Waals surface area contributed by atoms with E-state index in [1.165, 1.54) is 0 Å². The van der Waals surface area contributed by atoms with Crippen molar-refractivity contribution >= 4 is 11.9 Å². The standard InChI is InChI=1S/C19H21N3O4/c1-11-20-21-17(26-11)12-6-8-13(9-7-12)18(23)22-15-5-3-2-4-14(15)10-16(22)19(24)25/h6-9,14-16H,2-5,10H2,1H3,(H,24,25). The number of carbonyl (C=O) groups excluding carboxylic acids is 1. The third-order valence-electron chi connectivity index (χ3n) is 5.51. The second-order valence-corrected chi connectivity index (χ2v) is 7.12. The van der Waals surface area contributed by atoms with Gasteiger partial charge in [0.05, 0.1) is 0 Å². The fourth-order valence-electron chi connectivity index (χ4n) is 4.29. The highest BCUT2D eigenvalue weighted by atomic mass is 16.4. The molecule has 1 aromatic heterocycles. The van der Waals surface area contributed by atoms with Gasteiger partial charge in [-0.15, -0.1) is 10.2 Å². The van der Waals surface area contributed by atoms with Crippen LogP contribution >= 0.6 is 0 Å². The number of likely N-dealkylation sites (tertiary alicyclic amines) is 1. The summed E-state index contributed by atoms with van der Waals surface area (Å²) in [6, 6.07) is 6.22. The number of carboxylic acid groups (broad SMARTS) is 1. The van der Waals surface area contributed by atoms with Crippen LogP contribution in [0, 0.1) is 12.8 Å². The predicted octanol–water partition coefficient (Wildman–Crippen LogP) is 2.90. The van der Waals surface area contributed by atoms with Crippen LogP contribution in [0.3, 0.4) is 0 Å². The van der Waals surface area contributed by atoms with Gasteiger partial charge in [0.15, 0.2) is 0 Å². The molecule has 4 rings (SSSR count). The molecule has 2 heterocycles. The van der Waals surface area contributed by atoms with E-state index in [1.807, 2.05) is 0 Å². The Bertz CT molecular complexity index is 830. The van der Waals surface area contributed by atoms with E-state index in [9.17, 15) is 14.7 Å². The van der Waals surface area contributed by atoms with Crippen LogP contribution in [0.1, 0.15) is 48.4 Å². The van der Waals surface area contributed by atoms with Crippen LogP contribution in [0.2, 0.25) is 0 Å². The summed E-state index contributed by atoms with van der Waals surface area (Å²) in [6.07, 6.45) is 4.62. The number of aromatic nitrogens is 2. The summed E-state index contributed by atoms with van der Waals surface area (Å²) >= 11 is 0. The smallest absolute Gasteiger partial charge is 0.326 e. The number of nitrogens with zero attached hydrogens (tertiary/aromatic N) is 3. The molecule has 0 radical (unpaired) electrons. The summed E-state index contributed by atoms with van der Waals surface area (Å²) in [7, 11) is 0. The molecule has 0 bridgehead atoms. The number of amides is 1. The van der Waals surface area contributed by atoms with Gasteiger partial charge >= 0.3 is 5.97 Å². The second-order valence-electron chi connectivity index (χ2n) is 7.12. The molecule has 1 N–H and O–H groups in total. The molecule has 26 heavy (non-hydrogen) atoms. The number of fused-ring (bicyclic) bond motifs is 1. The molecule has 1 saturated heterocycles. The molecule has 136 valence electrons. The van der Waals surface area contributed by atoms with Crippen molar-refractivity contribution in [1.29, 1.82) is 0 Å². The van der Waals surface area contributed by atoms with E-state index < -0.39 is 12.0 Å². The lowest BCUT2D eigenvalue weighted by Gasteiger charge is -2.33. The highest BCUT2D eigenvalue weighted by Gasteiger charge is 2.47. The zero-order chi connectivity index (χ0) is 18.3. The largest absolute Gasteiger partial charge is 0.480 e. The second kappa shape index (κ2) is 6.55. The minimum atomic E-state index is -0.911. The average molecular weight is 355 g/mol. The van der Waals surface area contributed by atoms with Gasteiger partial charge in [-0.25, -0.2) is 4.79 Å². The van der Waals surface area contributed by atoms with E-state index in [2.05, 4.69) is 10.2 Å². The lowest BCUT2D eigenvalue weighted by Crippen LogP contribution is -2.46. The first-order chi connectivity index (χ1) is 12.5. The van der Waals surface area contributed by atoms with E-state index in [0.717, 1.165) is 31.2 Å². The fourth-order valence-corrected chi connectivity index (χ4v) is 4.29. The van der Waals surface area contributed by atoms with Gasteiger partial charge in [0.1, 0.15) is 6.04 Å². The van der Waals surface area contributed by atoms with Gasteiger partial charge in [-0.1, -0.05) is 12.8 Å². The topological polar surface area (TPSA) is 96.5 Å². The van der Waals surface area contributed by atoms with E-state index in [1.54, 1.807) is 36.1 Å². The Kier molecular flexibility index (Phi) is 4.22. The number of carbonyl (C=O) groups is 2. The number of hydrogen-bond acceptors (Lipinski definition) is 5. The van der Waals surface area contributed by atoms with E-state index in [-0.39, 0.29) is 11.9 Å². The van der Waals surface area contributed by atoms with Crippen molar-refractivity contribution in [3.63, 3.8) is 0 Å². The van der Waals surface area contributed by atoms with Crippen molar-refractivity contribution in [2.75, 3.05) is 0 Å². The SMILES string of the molecule is Cc1nnc(-c2ccc(C(=O)N3C(C(=O)O)CC4CCCCC43)cc2)o1. The van der Waals surface area contributed by atoms with Gasteiger partial charge < -0.3 is 14.4 Å². The molecule has 3 unspecified atom stereocenters. The molecule has 1 aliphatic heterocycles. The Labute approximate surface area is 151 Å². The van der Waals surface area contributed by atoms with Gasteiger partial charge in [0.25, 0.3) is 5.91 Å². The van der Waals surface area contributed by atoms with Gasteiger partial charge in [-0.2, -0.15) is 0 Å². The normalized spacial score (nSPS) is 25.1. The quantitative estimate of drug-likeness (QED) is 0.909. The summed E-state index contributed by atoms with van der Waals surface area (Å²) in [4.78, 5) is 26.4. The Balaban J connectivity index is 1.60. The Morgan fingerprint density at radius 2 is 1.88 bits per heavy atom. The van der Waals surface area contributed by atoms with E-state index >= 15 is 0 Å². The van der Waals surface area contributed by atoms with Crippen molar-refractivity contribution in [2.45, 2.75) is 51.1 Å². The Hall–Kier alpha value is -2.70. The fraction of sp³-hybridized carbons (Fsp3) is 0.474. The molecule has 1 aliphatic carbocycles. The summed E-state index contributed by atoms with van der Waals surface area (Å²) in [5.74, 6) is 0.0588. The minimum Gasteiger partial charge on any atom is -0.480 e. The minimum absolute atomic E-state index is 0.0376. The number of carboxylic acids is 1. The van der Waals surface area contributed by atoms with Crippen molar-refractivity contribution in [3.05, 3.63) is 35.7 Å². The Morgan fingerprint density at radius 1 is 1.15 bits per heavy atom. The molecule has 2 fully saturated rings. The number of hydrogen-bond donors (Lipinski definition) is 1. The van der Waals surface area contributed by atoms with Crippen molar-refractivity contribution < 1.29 is 19.1 Å². The number of aryl methyl sites for hydroxylation is 1. The molecule has 1 amide bonds. The third kappa shape index (κ3) is 2.87. The van der Waals surface area contributed by atoms with Crippen LogP contribution in [0.25, 0.3) is 11.5 Å². The maximum absolute atomic E-state index is 13.1. The summed E-state index contributed by atoms with van der Waals surface area (Å²) < 4.78 is 5.39. The zero-order valence-corrected chi connectivity index (χ0v) is 14.6. The van der Waals surface area contributed by atoms with E-state index in [0.29, 0.717) is 29.7 Å². The summed E-state index contributed by atoms with van der Waals surface area (Å²) in [6.45, 7) is 1.72. The molecular formula is C19H21N3O4. The number of rotatable bonds is 3. The molecule has 2 aliphatic rings. The number of benzene rings is 1. The molecule has 2 aromatic rings. The van der Waals surface area contributed by atoms with Crippen molar-refractivity contribution in [1.82, 2.24) is 15.1 Å². The number of aliphatic carboxylic acids is 1. The predicted molar refractivity (Wildman–Crippen MR) is 92.4 cm³/mol. The highest BCUT2D eigenvalue weighted by Crippen LogP contribution is 2.40. The molecular weight excluding hydrogens is 334 g/mol. The Morgan fingerprint density at radius 3 is 2.54 bits per heavy atom. The maximum Gasteiger partial charge on any atom is 0.326 e. The first-order valence-corrected chi connectivity index (χ1v) is 9.00. The van der Waals surface area contributed by atoms with Crippen LogP contribution < -0.4 is 0 Å². The van der Waals surface area contributed by atoms with Gasteiger partial charge in [-0.3, -0.25) is 4.79 Å². The summed E-state index contributed by atoms with van der Waals surface area (Å²) in [5, 5.41) is 17.4. The molecule has 0 spiro atoms. The van der Waals surface area contributed by atoms with Gasteiger partial charge in [-0.05, 0) is 49.4 Å². The van der Waals surface area contributed by atoms with Crippen molar-refractivity contribution in [2.24, 2.45) is 5.92 Å². The van der Waals surface area contributed by atoms with Gasteiger partial charge in [0, 0.05) is 24.1 Å². The molecule has 3 atom stereocenters. The maximum atomic E-state index is 13.1. The average Bonchev–Trinajstić information content (AvgIpc) is 3.25. The molecule has 7 heteroatoms. The van der Waals surface area contributed by atoms with Crippen LogP contribution in [0.5, 0.6) is 0 Å². The monoisotopic (exact) mass is 355 g/mol. The van der Waals surface area contributed by atoms with Crippen LogP contribution in [-0.2, 0) is 4.79 Å². The highest BCUT2D eigenvalue weighted by molar-refractivity contribution is 5.97. The molecule has 1 aromatic carbocycles. The van der Waals surface area contributed by atoms with Crippen molar-refractivity contribution in [3.8, 4) is 11.5 Å². The van der Waals surface area contributed by atoms with Crippen LogP contribution in [0.4, 0.5) is 0 Å². The van der Waals surface area contributed by atoms with Gasteiger partial charge in [0.2, 0.25) is 11.8 Å². The third-order valence-corrected chi connectivity index (χ3v) is 5.51. The van der Waals surface area contributed by atoms with E-state index in [4.69, 9.17) is 4.42 Å².